The summed E-state index contributed by atoms with van der Waals surface area (Å²) in [6, 6.07) is 19.7. The molecule has 0 aliphatic carbocycles. The number of fused-ring (bicyclic) bond motifs is 1. The molecule has 0 unspecified atom stereocenters. The van der Waals surface area contributed by atoms with Crippen LogP contribution in [-0.2, 0) is 6.54 Å². The molecule has 0 saturated heterocycles. The lowest BCUT2D eigenvalue weighted by atomic mass is 10.2. The molecule has 0 bridgehead atoms. The molecule has 116 valence electrons. The van der Waals surface area contributed by atoms with Crippen LogP contribution in [0.3, 0.4) is 0 Å². The number of imidazole rings is 1. The van der Waals surface area contributed by atoms with Gasteiger partial charge in [-0.15, -0.1) is 0 Å². The first kappa shape index (κ1) is 14.0. The number of aromatic nitrogens is 4. The highest BCUT2D eigenvalue weighted by molar-refractivity contribution is 5.83. The van der Waals surface area contributed by atoms with Crippen LogP contribution < -0.4 is 5.32 Å². The molecule has 4 rings (SSSR count). The van der Waals surface area contributed by atoms with Crippen molar-refractivity contribution in [2.24, 2.45) is 0 Å². The summed E-state index contributed by atoms with van der Waals surface area (Å²) in [5, 5.41) is 16.8. The van der Waals surface area contributed by atoms with Gasteiger partial charge in [-0.25, -0.2) is 4.98 Å². The second-order valence-electron chi connectivity index (χ2n) is 5.41. The van der Waals surface area contributed by atoms with Crippen molar-refractivity contribution in [2.75, 3.05) is 5.32 Å². The Morgan fingerprint density at radius 2 is 1.96 bits per heavy atom. The van der Waals surface area contributed by atoms with Crippen LogP contribution in [-0.4, -0.2) is 19.7 Å². The first-order valence-corrected chi connectivity index (χ1v) is 7.55. The van der Waals surface area contributed by atoms with E-state index in [1.807, 2.05) is 47.3 Å². The molecule has 0 amide bonds. The van der Waals surface area contributed by atoms with E-state index >= 15 is 0 Å². The van der Waals surface area contributed by atoms with Gasteiger partial charge in [0.25, 0.3) is 0 Å². The maximum Gasteiger partial charge on any atom is 0.206 e. The largest absolute Gasteiger partial charge is 0.324 e. The van der Waals surface area contributed by atoms with Gasteiger partial charge in [-0.1, -0.05) is 36.4 Å². The van der Waals surface area contributed by atoms with E-state index in [-0.39, 0.29) is 0 Å². The van der Waals surface area contributed by atoms with Crippen LogP contribution >= 0.6 is 0 Å². The van der Waals surface area contributed by atoms with E-state index < -0.39 is 0 Å². The van der Waals surface area contributed by atoms with Gasteiger partial charge in [0.15, 0.2) is 5.82 Å². The highest BCUT2D eigenvalue weighted by Crippen LogP contribution is 2.20. The van der Waals surface area contributed by atoms with Gasteiger partial charge >= 0.3 is 0 Å². The molecule has 6 heteroatoms. The zero-order valence-corrected chi connectivity index (χ0v) is 12.8. The Hall–Kier alpha value is -3.59. The molecule has 24 heavy (non-hydrogen) atoms. The Morgan fingerprint density at radius 1 is 1.08 bits per heavy atom. The minimum atomic E-state index is 0.548. The summed E-state index contributed by atoms with van der Waals surface area (Å²) in [6.07, 6.45) is 1.92. The third-order valence-corrected chi connectivity index (χ3v) is 3.71. The molecule has 2 N–H and O–H groups in total. The Bertz CT molecular complexity index is 1020. The summed E-state index contributed by atoms with van der Waals surface area (Å²) in [7, 11) is 0. The Kier molecular flexibility index (Phi) is 3.45. The lowest BCUT2D eigenvalue weighted by Crippen LogP contribution is -2.01. The molecule has 2 heterocycles. The molecular weight excluding hydrogens is 300 g/mol. The van der Waals surface area contributed by atoms with Crippen LogP contribution in [0.15, 0.2) is 60.8 Å². The van der Waals surface area contributed by atoms with Gasteiger partial charge in [0.05, 0.1) is 17.6 Å². The normalized spacial score (nSPS) is 10.6. The van der Waals surface area contributed by atoms with Gasteiger partial charge in [-0.2, -0.15) is 10.4 Å². The second-order valence-corrected chi connectivity index (χ2v) is 5.41. The number of benzene rings is 2. The molecule has 4 aromatic rings. The number of nitriles is 1. The monoisotopic (exact) mass is 314 g/mol. The van der Waals surface area contributed by atoms with Gasteiger partial charge < -0.3 is 10.3 Å². The summed E-state index contributed by atoms with van der Waals surface area (Å²) < 4.78 is 1.86. The minimum Gasteiger partial charge on any atom is -0.324 e. The fourth-order valence-electron chi connectivity index (χ4n) is 2.59. The Labute approximate surface area is 138 Å². The van der Waals surface area contributed by atoms with Gasteiger partial charge in [0.2, 0.25) is 5.95 Å². The lowest BCUT2D eigenvalue weighted by Gasteiger charge is -2.01. The molecule has 2 aromatic carbocycles. The number of H-pyrrole nitrogens is 1. The predicted octanol–water partition coefficient (Wildman–Crippen LogP) is 3.42. The molecule has 0 aliphatic heterocycles. The number of hydrogen-bond donors (Lipinski definition) is 2. The van der Waals surface area contributed by atoms with E-state index in [2.05, 4.69) is 38.6 Å². The maximum absolute atomic E-state index is 9.14. The van der Waals surface area contributed by atoms with Gasteiger partial charge in [0.1, 0.15) is 11.6 Å². The highest BCUT2D eigenvalue weighted by Gasteiger charge is 2.08. The van der Waals surface area contributed by atoms with Crippen molar-refractivity contribution in [3.05, 3.63) is 71.9 Å². The zero-order valence-electron chi connectivity index (χ0n) is 12.8. The number of aromatic amines is 1. The van der Waals surface area contributed by atoms with Crippen molar-refractivity contribution in [2.45, 2.75) is 6.54 Å². The quantitative estimate of drug-likeness (QED) is 0.604. The van der Waals surface area contributed by atoms with Crippen LogP contribution in [0, 0.1) is 11.3 Å². The lowest BCUT2D eigenvalue weighted by molar-refractivity contribution is 0.689. The third-order valence-electron chi connectivity index (χ3n) is 3.71. The van der Waals surface area contributed by atoms with Crippen molar-refractivity contribution in [3.63, 3.8) is 0 Å². The third kappa shape index (κ3) is 2.71. The second kappa shape index (κ2) is 5.89. The van der Waals surface area contributed by atoms with Crippen LogP contribution in [0.2, 0.25) is 0 Å². The van der Waals surface area contributed by atoms with E-state index in [9.17, 15) is 0 Å². The molecule has 2 aromatic heterocycles. The summed E-state index contributed by atoms with van der Waals surface area (Å²) in [6.45, 7) is 0.710. The summed E-state index contributed by atoms with van der Waals surface area (Å²) in [5.41, 5.74) is 3.22. The highest BCUT2D eigenvalue weighted by atomic mass is 15.3. The van der Waals surface area contributed by atoms with Crippen LogP contribution in [0.5, 0.6) is 0 Å². The first-order chi connectivity index (χ1) is 11.8. The molecule has 0 aliphatic rings. The molecule has 0 fully saturated rings. The van der Waals surface area contributed by atoms with Crippen LogP contribution in [0.25, 0.3) is 11.0 Å². The summed E-state index contributed by atoms with van der Waals surface area (Å²) in [4.78, 5) is 7.59. The van der Waals surface area contributed by atoms with E-state index in [0.29, 0.717) is 29.4 Å². The number of anilines is 2. The Morgan fingerprint density at radius 3 is 2.79 bits per heavy atom. The number of rotatable bonds is 4. The number of nitrogens with one attached hydrogen (secondary N) is 2. The zero-order chi connectivity index (χ0) is 16.4. The van der Waals surface area contributed by atoms with E-state index in [4.69, 9.17) is 5.26 Å². The molecule has 0 atom stereocenters. The summed E-state index contributed by atoms with van der Waals surface area (Å²) >= 11 is 0. The van der Waals surface area contributed by atoms with Crippen LogP contribution in [0.1, 0.15) is 11.1 Å². The SMILES string of the molecule is N#Cc1cccc2[nH]c(Nc3ccn(Cc4ccccc4)n3)nc12. The van der Waals surface area contributed by atoms with Gasteiger partial charge in [-0.3, -0.25) is 4.68 Å². The molecule has 0 spiro atoms. The molecular formula is C18H14N6. The fraction of sp³-hybridized carbons (Fsp3) is 0.0556. The summed E-state index contributed by atoms with van der Waals surface area (Å²) in [5.74, 6) is 1.26. The molecule has 6 nitrogen and oxygen atoms in total. The van der Waals surface area contributed by atoms with Gasteiger partial charge in [-0.05, 0) is 17.7 Å². The average molecular weight is 314 g/mol. The number of nitrogens with zero attached hydrogens (tertiary/aromatic N) is 4. The number of hydrogen-bond acceptors (Lipinski definition) is 4. The maximum atomic E-state index is 9.14. The van der Waals surface area contributed by atoms with E-state index in [0.717, 1.165) is 5.52 Å². The van der Waals surface area contributed by atoms with E-state index in [1.54, 1.807) is 6.07 Å². The smallest absolute Gasteiger partial charge is 0.206 e. The average Bonchev–Trinajstić information content (AvgIpc) is 3.22. The number of para-hydroxylation sites is 1. The topological polar surface area (TPSA) is 82.3 Å². The predicted molar refractivity (Wildman–Crippen MR) is 91.9 cm³/mol. The van der Waals surface area contributed by atoms with Crippen molar-refractivity contribution in [1.29, 1.82) is 5.26 Å². The molecule has 0 radical (unpaired) electrons. The van der Waals surface area contributed by atoms with E-state index in [1.165, 1.54) is 5.56 Å². The van der Waals surface area contributed by atoms with Crippen molar-refractivity contribution in [3.8, 4) is 6.07 Å². The van der Waals surface area contributed by atoms with Gasteiger partial charge in [0, 0.05) is 12.3 Å². The molecule has 0 saturated carbocycles. The van der Waals surface area contributed by atoms with Crippen molar-refractivity contribution < 1.29 is 0 Å². The van der Waals surface area contributed by atoms with Crippen LogP contribution in [0.4, 0.5) is 11.8 Å². The standard InChI is InChI=1S/C18H14N6/c19-11-14-7-4-8-15-17(14)22-18(20-15)21-16-9-10-24(23-16)12-13-5-2-1-3-6-13/h1-10H,12H2,(H2,20,21,22,23). The fourth-order valence-corrected chi connectivity index (χ4v) is 2.59. The Balaban J connectivity index is 1.55. The van der Waals surface area contributed by atoms with Crippen molar-refractivity contribution in [1.82, 2.24) is 19.7 Å². The minimum absolute atomic E-state index is 0.548. The first-order valence-electron chi connectivity index (χ1n) is 7.55. The van der Waals surface area contributed by atoms with Crippen molar-refractivity contribution >= 4 is 22.8 Å².